The van der Waals surface area contributed by atoms with Crippen LogP contribution in [0, 0.1) is 0 Å². The van der Waals surface area contributed by atoms with E-state index in [9.17, 15) is 0 Å². The molecule has 0 bridgehead atoms. The first-order valence-corrected chi connectivity index (χ1v) is 7.75. The maximum absolute atomic E-state index is 3.66. The molecule has 1 heterocycles. The molecule has 2 atom stereocenters. The van der Waals surface area contributed by atoms with Gasteiger partial charge in [0.05, 0.1) is 0 Å². The van der Waals surface area contributed by atoms with Gasteiger partial charge in [-0.2, -0.15) is 0 Å². The molecular formula is C17H28N2. The zero-order chi connectivity index (χ0) is 13.8. The Morgan fingerprint density at radius 1 is 1.16 bits per heavy atom. The minimum atomic E-state index is 0.613. The third-order valence-corrected chi connectivity index (χ3v) is 4.36. The fourth-order valence-electron chi connectivity index (χ4n) is 2.87. The van der Waals surface area contributed by atoms with Gasteiger partial charge in [-0.05, 0) is 36.5 Å². The molecule has 0 aliphatic carbocycles. The molecule has 2 rings (SSSR count). The third kappa shape index (κ3) is 3.30. The van der Waals surface area contributed by atoms with Crippen molar-refractivity contribution in [3.63, 3.8) is 0 Å². The van der Waals surface area contributed by atoms with E-state index in [4.69, 9.17) is 0 Å². The van der Waals surface area contributed by atoms with Gasteiger partial charge in [-0.1, -0.05) is 39.8 Å². The van der Waals surface area contributed by atoms with Crippen LogP contribution >= 0.6 is 0 Å². The Kier molecular flexibility index (Phi) is 4.87. The van der Waals surface area contributed by atoms with E-state index in [1.54, 1.807) is 0 Å². The molecule has 0 aromatic heterocycles. The lowest BCUT2D eigenvalue weighted by Crippen LogP contribution is -2.56. The van der Waals surface area contributed by atoms with Crippen molar-refractivity contribution >= 4 is 5.69 Å². The van der Waals surface area contributed by atoms with Crippen LogP contribution < -0.4 is 10.2 Å². The molecule has 1 aliphatic heterocycles. The van der Waals surface area contributed by atoms with Crippen molar-refractivity contribution in [2.45, 2.75) is 58.5 Å². The molecule has 1 fully saturated rings. The minimum absolute atomic E-state index is 0.613. The SMILES string of the molecule is CCC1CN(c2ccc(C(C)C)cc2)C(CC)CN1. The predicted molar refractivity (Wildman–Crippen MR) is 84.0 cm³/mol. The predicted octanol–water partition coefficient (Wildman–Crippen LogP) is 3.78. The quantitative estimate of drug-likeness (QED) is 0.886. The van der Waals surface area contributed by atoms with Crippen LogP contribution in [0.2, 0.25) is 0 Å². The molecule has 2 unspecified atom stereocenters. The van der Waals surface area contributed by atoms with Crippen LogP contribution in [-0.2, 0) is 0 Å². The van der Waals surface area contributed by atoms with Crippen LogP contribution in [0.1, 0.15) is 52.0 Å². The van der Waals surface area contributed by atoms with Gasteiger partial charge >= 0.3 is 0 Å². The number of nitrogens with zero attached hydrogens (tertiary/aromatic N) is 1. The molecule has 1 aromatic rings. The van der Waals surface area contributed by atoms with Gasteiger partial charge in [0.2, 0.25) is 0 Å². The van der Waals surface area contributed by atoms with E-state index in [2.05, 4.69) is 62.2 Å². The molecule has 2 heteroatoms. The molecule has 0 saturated carbocycles. The van der Waals surface area contributed by atoms with Crippen LogP contribution in [0.4, 0.5) is 5.69 Å². The highest BCUT2D eigenvalue weighted by Crippen LogP contribution is 2.24. The molecule has 19 heavy (non-hydrogen) atoms. The monoisotopic (exact) mass is 260 g/mol. The van der Waals surface area contributed by atoms with E-state index in [-0.39, 0.29) is 0 Å². The molecule has 0 spiro atoms. The Balaban J connectivity index is 2.16. The van der Waals surface area contributed by atoms with Gasteiger partial charge in [-0.25, -0.2) is 0 Å². The number of benzene rings is 1. The van der Waals surface area contributed by atoms with Crippen LogP contribution in [0.3, 0.4) is 0 Å². The van der Waals surface area contributed by atoms with Crippen molar-refractivity contribution in [2.75, 3.05) is 18.0 Å². The summed E-state index contributed by atoms with van der Waals surface area (Å²) in [6, 6.07) is 10.4. The fourth-order valence-corrected chi connectivity index (χ4v) is 2.87. The normalized spacial score (nSPS) is 23.9. The maximum atomic E-state index is 3.66. The number of nitrogens with one attached hydrogen (secondary N) is 1. The molecule has 1 aromatic carbocycles. The second-order valence-electron chi connectivity index (χ2n) is 5.97. The topological polar surface area (TPSA) is 15.3 Å². The Labute approximate surface area is 118 Å². The molecule has 1 saturated heterocycles. The summed E-state index contributed by atoms with van der Waals surface area (Å²) < 4.78 is 0. The van der Waals surface area contributed by atoms with Gasteiger partial charge in [-0.3, -0.25) is 0 Å². The van der Waals surface area contributed by atoms with Crippen LogP contribution in [0.15, 0.2) is 24.3 Å². The summed E-state index contributed by atoms with van der Waals surface area (Å²) in [5, 5.41) is 3.66. The van der Waals surface area contributed by atoms with Gasteiger partial charge < -0.3 is 10.2 Å². The zero-order valence-corrected chi connectivity index (χ0v) is 12.8. The summed E-state index contributed by atoms with van der Waals surface area (Å²) in [4.78, 5) is 2.59. The fraction of sp³-hybridized carbons (Fsp3) is 0.647. The van der Waals surface area contributed by atoms with Crippen molar-refractivity contribution in [3.8, 4) is 0 Å². The Hall–Kier alpha value is -1.02. The molecule has 1 aliphatic rings. The van der Waals surface area contributed by atoms with Crippen molar-refractivity contribution in [1.82, 2.24) is 5.32 Å². The lowest BCUT2D eigenvalue weighted by molar-refractivity contribution is 0.379. The van der Waals surface area contributed by atoms with Crippen molar-refractivity contribution in [2.24, 2.45) is 0 Å². The summed E-state index contributed by atoms with van der Waals surface area (Å²) >= 11 is 0. The largest absolute Gasteiger partial charge is 0.366 e. The highest BCUT2D eigenvalue weighted by atomic mass is 15.2. The first-order chi connectivity index (χ1) is 9.15. The van der Waals surface area contributed by atoms with Crippen LogP contribution in [-0.4, -0.2) is 25.2 Å². The van der Waals surface area contributed by atoms with Gasteiger partial charge in [0.1, 0.15) is 0 Å². The number of hydrogen-bond donors (Lipinski definition) is 1. The maximum Gasteiger partial charge on any atom is 0.0412 e. The van der Waals surface area contributed by atoms with E-state index in [0.717, 1.165) is 13.1 Å². The van der Waals surface area contributed by atoms with Gasteiger partial charge in [0.15, 0.2) is 0 Å². The van der Waals surface area contributed by atoms with E-state index >= 15 is 0 Å². The lowest BCUT2D eigenvalue weighted by Gasteiger charge is -2.41. The van der Waals surface area contributed by atoms with Crippen molar-refractivity contribution in [3.05, 3.63) is 29.8 Å². The number of hydrogen-bond acceptors (Lipinski definition) is 2. The Morgan fingerprint density at radius 2 is 1.84 bits per heavy atom. The Bertz CT molecular complexity index is 383. The molecule has 0 amide bonds. The highest BCUT2D eigenvalue weighted by molar-refractivity contribution is 5.50. The first-order valence-electron chi connectivity index (χ1n) is 7.75. The highest BCUT2D eigenvalue weighted by Gasteiger charge is 2.25. The van der Waals surface area contributed by atoms with Crippen LogP contribution in [0.5, 0.6) is 0 Å². The average Bonchev–Trinajstić information content (AvgIpc) is 2.46. The van der Waals surface area contributed by atoms with E-state index in [1.807, 2.05) is 0 Å². The summed E-state index contributed by atoms with van der Waals surface area (Å²) in [6.45, 7) is 11.3. The summed E-state index contributed by atoms with van der Waals surface area (Å²) in [7, 11) is 0. The molecule has 1 N–H and O–H groups in total. The van der Waals surface area contributed by atoms with E-state index < -0.39 is 0 Å². The molecule has 2 nitrogen and oxygen atoms in total. The van der Waals surface area contributed by atoms with Crippen molar-refractivity contribution in [1.29, 1.82) is 0 Å². The van der Waals surface area contributed by atoms with Crippen molar-refractivity contribution < 1.29 is 0 Å². The van der Waals surface area contributed by atoms with Gasteiger partial charge in [-0.15, -0.1) is 0 Å². The average molecular weight is 260 g/mol. The van der Waals surface area contributed by atoms with Gasteiger partial charge in [0, 0.05) is 30.9 Å². The van der Waals surface area contributed by atoms with Gasteiger partial charge in [0.25, 0.3) is 0 Å². The standard InChI is InChI=1S/C17H28N2/c1-5-15-12-19(16(6-2)11-18-15)17-9-7-14(8-10-17)13(3)4/h7-10,13,15-16,18H,5-6,11-12H2,1-4H3. The summed E-state index contributed by atoms with van der Waals surface area (Å²) in [5.41, 5.74) is 2.81. The molecule has 0 radical (unpaired) electrons. The molecular weight excluding hydrogens is 232 g/mol. The Morgan fingerprint density at radius 3 is 2.37 bits per heavy atom. The summed E-state index contributed by atoms with van der Waals surface area (Å²) in [6.07, 6.45) is 2.41. The molecule has 106 valence electrons. The number of rotatable bonds is 4. The van der Waals surface area contributed by atoms with Crippen LogP contribution in [0.25, 0.3) is 0 Å². The number of piperazine rings is 1. The second kappa shape index (κ2) is 6.42. The summed E-state index contributed by atoms with van der Waals surface area (Å²) in [5.74, 6) is 0.613. The van der Waals surface area contributed by atoms with E-state index in [0.29, 0.717) is 18.0 Å². The number of anilines is 1. The smallest absolute Gasteiger partial charge is 0.0412 e. The minimum Gasteiger partial charge on any atom is -0.366 e. The van der Waals surface area contributed by atoms with E-state index in [1.165, 1.54) is 24.1 Å². The second-order valence-corrected chi connectivity index (χ2v) is 5.97. The zero-order valence-electron chi connectivity index (χ0n) is 12.8. The first kappa shape index (κ1) is 14.4. The lowest BCUT2D eigenvalue weighted by atomic mass is 10.0. The third-order valence-electron chi connectivity index (χ3n) is 4.36.